The minimum Gasteiger partial charge on any atom is -0.453 e. The van der Waals surface area contributed by atoms with Crippen molar-refractivity contribution in [3.8, 4) is 16.9 Å². The normalized spacial score (nSPS) is 17.1. The van der Waals surface area contributed by atoms with Gasteiger partial charge in [-0.05, 0) is 68.2 Å². The molecular weight excluding hydrogens is 392 g/mol. The summed E-state index contributed by atoms with van der Waals surface area (Å²) in [6, 6.07) is 14.1. The maximum Gasteiger partial charge on any atom is 0.171 e. The quantitative estimate of drug-likeness (QED) is 0.446. The van der Waals surface area contributed by atoms with E-state index in [2.05, 4.69) is 32.2 Å². The molecule has 0 saturated heterocycles. The Hall–Kier alpha value is -3.40. The number of benzene rings is 3. The molecular formula is C27H23F2NO. The van der Waals surface area contributed by atoms with Crippen LogP contribution in [0.5, 0.6) is 5.75 Å². The molecule has 0 bridgehead atoms. The molecule has 0 atom stereocenters. The van der Waals surface area contributed by atoms with E-state index in [9.17, 15) is 8.78 Å². The van der Waals surface area contributed by atoms with Crippen molar-refractivity contribution in [2.24, 2.45) is 0 Å². The molecule has 0 radical (unpaired) electrons. The largest absolute Gasteiger partial charge is 0.453 e. The van der Waals surface area contributed by atoms with E-state index in [-0.39, 0.29) is 11.3 Å². The number of hydrogen-bond donors (Lipinski definition) is 1. The predicted octanol–water partition coefficient (Wildman–Crippen LogP) is 7.44. The second kappa shape index (κ2) is 6.81. The lowest BCUT2D eigenvalue weighted by molar-refractivity contribution is 0.460. The van der Waals surface area contributed by atoms with Crippen molar-refractivity contribution in [2.45, 2.75) is 33.2 Å². The Labute approximate surface area is 180 Å². The SMILES string of the molecule is CC1=CC(C)(C)Nc2ccc3c(c21)/C(=C\c1ccccc1C)Oc1c(F)cc(F)cc1-3. The molecule has 2 aliphatic rings. The first-order valence-corrected chi connectivity index (χ1v) is 10.3. The third kappa shape index (κ3) is 3.23. The summed E-state index contributed by atoms with van der Waals surface area (Å²) in [4.78, 5) is 0. The molecule has 156 valence electrons. The lowest BCUT2D eigenvalue weighted by atomic mass is 9.83. The van der Waals surface area contributed by atoms with E-state index < -0.39 is 11.6 Å². The fourth-order valence-corrected chi connectivity index (χ4v) is 4.61. The maximum absolute atomic E-state index is 14.7. The molecule has 0 amide bonds. The van der Waals surface area contributed by atoms with Gasteiger partial charge in [-0.2, -0.15) is 0 Å². The molecule has 0 aromatic heterocycles. The third-order valence-electron chi connectivity index (χ3n) is 5.87. The molecule has 4 heteroatoms. The molecule has 2 nitrogen and oxygen atoms in total. The predicted molar refractivity (Wildman–Crippen MR) is 123 cm³/mol. The lowest BCUT2D eigenvalue weighted by Gasteiger charge is -2.35. The summed E-state index contributed by atoms with van der Waals surface area (Å²) in [6.45, 7) is 8.31. The van der Waals surface area contributed by atoms with Crippen LogP contribution in [0, 0.1) is 18.6 Å². The standard InChI is InChI=1S/C27H23F2NO/c1-15-7-5-6-8-17(15)11-23-25-19(20-12-18(28)13-21(29)26(20)31-23)9-10-22-24(25)16(2)14-27(3,4)30-22/h5-14,30H,1-4H3/b23-11+. The number of fused-ring (bicyclic) bond motifs is 5. The van der Waals surface area contributed by atoms with Crippen LogP contribution in [-0.4, -0.2) is 5.54 Å². The van der Waals surface area contributed by atoms with Gasteiger partial charge in [0.25, 0.3) is 0 Å². The van der Waals surface area contributed by atoms with Crippen molar-refractivity contribution in [1.82, 2.24) is 0 Å². The number of rotatable bonds is 1. The molecule has 1 N–H and O–H groups in total. The number of anilines is 1. The minimum absolute atomic E-state index is 0.0550. The van der Waals surface area contributed by atoms with Gasteiger partial charge < -0.3 is 10.1 Å². The van der Waals surface area contributed by atoms with Crippen LogP contribution in [0.4, 0.5) is 14.5 Å². The summed E-state index contributed by atoms with van der Waals surface area (Å²) in [7, 11) is 0. The van der Waals surface area contributed by atoms with Crippen LogP contribution in [0.2, 0.25) is 0 Å². The zero-order chi connectivity index (χ0) is 21.9. The third-order valence-corrected chi connectivity index (χ3v) is 5.87. The molecule has 3 aromatic carbocycles. The average Bonchev–Trinajstić information content (AvgIpc) is 2.69. The fourth-order valence-electron chi connectivity index (χ4n) is 4.61. The van der Waals surface area contributed by atoms with Gasteiger partial charge in [0, 0.05) is 28.4 Å². The van der Waals surface area contributed by atoms with E-state index in [0.29, 0.717) is 11.3 Å². The highest BCUT2D eigenvalue weighted by atomic mass is 19.1. The highest BCUT2D eigenvalue weighted by molar-refractivity contribution is 6.00. The van der Waals surface area contributed by atoms with E-state index in [4.69, 9.17) is 4.74 Å². The molecule has 2 aliphatic heterocycles. The summed E-state index contributed by atoms with van der Waals surface area (Å²) in [5.41, 5.74) is 6.96. The zero-order valence-corrected chi connectivity index (χ0v) is 17.9. The summed E-state index contributed by atoms with van der Waals surface area (Å²) in [5.74, 6) is -0.727. The van der Waals surface area contributed by atoms with E-state index in [1.807, 2.05) is 49.4 Å². The zero-order valence-electron chi connectivity index (χ0n) is 17.9. The Balaban J connectivity index is 1.84. The van der Waals surface area contributed by atoms with Crippen molar-refractivity contribution in [3.63, 3.8) is 0 Å². The van der Waals surface area contributed by atoms with Crippen molar-refractivity contribution in [1.29, 1.82) is 0 Å². The molecule has 0 fully saturated rings. The average molecular weight is 415 g/mol. The second-order valence-corrected chi connectivity index (χ2v) is 8.82. The van der Waals surface area contributed by atoms with Gasteiger partial charge >= 0.3 is 0 Å². The number of nitrogens with one attached hydrogen (secondary N) is 1. The summed E-state index contributed by atoms with van der Waals surface area (Å²) < 4.78 is 35.0. The number of ether oxygens (including phenoxy) is 1. The monoisotopic (exact) mass is 415 g/mol. The number of aryl methyl sites for hydroxylation is 1. The summed E-state index contributed by atoms with van der Waals surface area (Å²) >= 11 is 0. The highest BCUT2D eigenvalue weighted by Crippen LogP contribution is 2.50. The maximum atomic E-state index is 14.7. The topological polar surface area (TPSA) is 21.3 Å². The van der Waals surface area contributed by atoms with Gasteiger partial charge in [0.15, 0.2) is 11.6 Å². The van der Waals surface area contributed by atoms with E-state index in [1.54, 1.807) is 0 Å². The Morgan fingerprint density at radius 3 is 2.48 bits per heavy atom. The van der Waals surface area contributed by atoms with Gasteiger partial charge in [0.05, 0.1) is 5.54 Å². The molecule has 0 spiro atoms. The molecule has 3 aromatic rings. The number of allylic oxidation sites excluding steroid dienone is 1. The van der Waals surface area contributed by atoms with Gasteiger partial charge in [0.1, 0.15) is 11.6 Å². The van der Waals surface area contributed by atoms with E-state index >= 15 is 0 Å². The van der Waals surface area contributed by atoms with Gasteiger partial charge in [-0.3, -0.25) is 0 Å². The van der Waals surface area contributed by atoms with Crippen molar-refractivity contribution in [2.75, 3.05) is 5.32 Å². The number of hydrogen-bond acceptors (Lipinski definition) is 2. The Morgan fingerprint density at radius 1 is 0.935 bits per heavy atom. The second-order valence-electron chi connectivity index (χ2n) is 8.82. The summed E-state index contributed by atoms with van der Waals surface area (Å²) in [6.07, 6.45) is 4.11. The van der Waals surface area contributed by atoms with Crippen molar-refractivity contribution in [3.05, 3.63) is 88.5 Å². The highest BCUT2D eigenvalue weighted by Gasteiger charge is 2.32. The fraction of sp³-hybridized carbons (Fsp3) is 0.185. The van der Waals surface area contributed by atoms with Gasteiger partial charge in [-0.25, -0.2) is 8.78 Å². The first-order valence-electron chi connectivity index (χ1n) is 10.3. The van der Waals surface area contributed by atoms with Crippen LogP contribution in [0.25, 0.3) is 28.5 Å². The van der Waals surface area contributed by atoms with Gasteiger partial charge in [-0.15, -0.1) is 0 Å². The lowest BCUT2D eigenvalue weighted by Crippen LogP contribution is -2.32. The van der Waals surface area contributed by atoms with Crippen molar-refractivity contribution >= 4 is 23.1 Å². The van der Waals surface area contributed by atoms with Crippen LogP contribution in [0.1, 0.15) is 43.0 Å². The van der Waals surface area contributed by atoms with E-state index in [0.717, 1.165) is 45.1 Å². The molecule has 31 heavy (non-hydrogen) atoms. The molecule has 5 rings (SSSR count). The van der Waals surface area contributed by atoms with Crippen LogP contribution >= 0.6 is 0 Å². The van der Waals surface area contributed by atoms with Gasteiger partial charge in [0.2, 0.25) is 0 Å². The molecule has 0 saturated carbocycles. The number of halogens is 2. The minimum atomic E-state index is -0.708. The smallest absolute Gasteiger partial charge is 0.171 e. The Bertz CT molecular complexity index is 1300. The van der Waals surface area contributed by atoms with Gasteiger partial charge in [-0.1, -0.05) is 36.4 Å². The van der Waals surface area contributed by atoms with Crippen LogP contribution in [0.3, 0.4) is 0 Å². The van der Waals surface area contributed by atoms with Crippen LogP contribution in [-0.2, 0) is 0 Å². The molecule has 0 unspecified atom stereocenters. The van der Waals surface area contributed by atoms with Crippen molar-refractivity contribution < 1.29 is 13.5 Å². The first kappa shape index (κ1) is 19.6. The first-order chi connectivity index (χ1) is 14.7. The van der Waals surface area contributed by atoms with Crippen LogP contribution < -0.4 is 10.1 Å². The van der Waals surface area contributed by atoms with E-state index in [1.165, 1.54) is 6.07 Å². The Morgan fingerprint density at radius 2 is 1.71 bits per heavy atom. The van der Waals surface area contributed by atoms with Crippen LogP contribution in [0.15, 0.2) is 54.6 Å². The molecule has 2 heterocycles. The Kier molecular flexibility index (Phi) is 4.30. The molecule has 0 aliphatic carbocycles. The summed E-state index contributed by atoms with van der Waals surface area (Å²) in [5, 5.41) is 3.55.